The Balaban J connectivity index is 2.02. The Morgan fingerprint density at radius 2 is 1.96 bits per heavy atom. The van der Waals surface area contributed by atoms with Gasteiger partial charge in [0, 0.05) is 18.2 Å². The second kappa shape index (κ2) is 7.55. The standard InChI is InChI=1S/C14H15ClN4O5/c1-22-11-5-9(12(23-2)4-8(11)15)18-14(21)17-6-7-3-10(13(16)20)19-24-7/h3-5H,6H2,1-2H3,(H2,16,20)(H2,17,18,21). The van der Waals surface area contributed by atoms with Crippen LogP contribution >= 0.6 is 11.6 Å². The van der Waals surface area contributed by atoms with Gasteiger partial charge in [-0.2, -0.15) is 0 Å². The van der Waals surface area contributed by atoms with Crippen molar-refractivity contribution in [3.63, 3.8) is 0 Å². The zero-order chi connectivity index (χ0) is 17.7. The van der Waals surface area contributed by atoms with Crippen LogP contribution in [0.5, 0.6) is 11.5 Å². The van der Waals surface area contributed by atoms with Crippen molar-refractivity contribution in [1.82, 2.24) is 10.5 Å². The highest BCUT2D eigenvalue weighted by atomic mass is 35.5. The molecule has 2 rings (SSSR count). The molecule has 3 amide bonds. The zero-order valence-electron chi connectivity index (χ0n) is 12.9. The third-order valence-electron chi connectivity index (χ3n) is 2.96. The van der Waals surface area contributed by atoms with Gasteiger partial charge >= 0.3 is 6.03 Å². The smallest absolute Gasteiger partial charge is 0.319 e. The number of rotatable bonds is 6. The molecular weight excluding hydrogens is 340 g/mol. The van der Waals surface area contributed by atoms with Gasteiger partial charge in [0.25, 0.3) is 5.91 Å². The highest BCUT2D eigenvalue weighted by Crippen LogP contribution is 2.35. The number of urea groups is 1. The molecule has 0 aliphatic rings. The molecule has 0 saturated heterocycles. The molecule has 0 spiro atoms. The van der Waals surface area contributed by atoms with E-state index in [1.807, 2.05) is 0 Å². The summed E-state index contributed by atoms with van der Waals surface area (Å²) in [6.45, 7) is 0.0130. The van der Waals surface area contributed by atoms with Crippen molar-refractivity contribution >= 4 is 29.2 Å². The summed E-state index contributed by atoms with van der Waals surface area (Å²) >= 11 is 6.00. The predicted molar refractivity (Wildman–Crippen MR) is 85.4 cm³/mol. The summed E-state index contributed by atoms with van der Waals surface area (Å²) in [6, 6.07) is 3.86. The first-order valence-corrected chi connectivity index (χ1v) is 7.04. The van der Waals surface area contributed by atoms with Crippen LogP contribution in [-0.4, -0.2) is 31.3 Å². The van der Waals surface area contributed by atoms with Gasteiger partial charge in [0.1, 0.15) is 11.5 Å². The summed E-state index contributed by atoms with van der Waals surface area (Å²) in [5.41, 5.74) is 5.41. The van der Waals surface area contributed by atoms with Crippen LogP contribution in [0.2, 0.25) is 5.02 Å². The largest absolute Gasteiger partial charge is 0.495 e. The molecule has 1 heterocycles. The third kappa shape index (κ3) is 4.07. The topological polar surface area (TPSA) is 129 Å². The number of benzene rings is 1. The van der Waals surface area contributed by atoms with Crippen molar-refractivity contribution in [1.29, 1.82) is 0 Å². The number of anilines is 1. The number of amides is 3. The number of halogens is 1. The molecule has 10 heteroatoms. The number of aromatic nitrogens is 1. The molecule has 0 fully saturated rings. The Morgan fingerprint density at radius 3 is 2.54 bits per heavy atom. The molecule has 0 atom stereocenters. The van der Waals surface area contributed by atoms with Crippen LogP contribution in [0.25, 0.3) is 0 Å². The lowest BCUT2D eigenvalue weighted by Crippen LogP contribution is -2.28. The maximum absolute atomic E-state index is 12.0. The minimum Gasteiger partial charge on any atom is -0.495 e. The number of methoxy groups -OCH3 is 2. The van der Waals surface area contributed by atoms with Gasteiger partial charge in [-0.05, 0) is 0 Å². The van der Waals surface area contributed by atoms with Gasteiger partial charge < -0.3 is 30.4 Å². The molecule has 0 saturated carbocycles. The van der Waals surface area contributed by atoms with Crippen molar-refractivity contribution in [3.8, 4) is 11.5 Å². The van der Waals surface area contributed by atoms with E-state index in [4.69, 9.17) is 31.3 Å². The number of hydrogen-bond donors (Lipinski definition) is 3. The van der Waals surface area contributed by atoms with E-state index in [0.29, 0.717) is 22.2 Å². The lowest BCUT2D eigenvalue weighted by atomic mass is 10.2. The van der Waals surface area contributed by atoms with E-state index in [0.717, 1.165) is 0 Å². The van der Waals surface area contributed by atoms with E-state index in [9.17, 15) is 9.59 Å². The molecule has 2 aromatic rings. The number of nitrogens with two attached hydrogens (primary N) is 1. The molecule has 0 aliphatic heterocycles. The van der Waals surface area contributed by atoms with Crippen LogP contribution in [0.3, 0.4) is 0 Å². The minimum absolute atomic E-state index is 0.0130. The van der Waals surface area contributed by atoms with Crippen LogP contribution < -0.4 is 25.8 Å². The number of hydrogen-bond acceptors (Lipinski definition) is 6. The maximum Gasteiger partial charge on any atom is 0.319 e. The Morgan fingerprint density at radius 1 is 1.25 bits per heavy atom. The van der Waals surface area contributed by atoms with Gasteiger partial charge in [-0.3, -0.25) is 4.79 Å². The summed E-state index contributed by atoms with van der Waals surface area (Å²) in [5, 5.41) is 8.95. The molecule has 128 valence electrons. The first-order valence-electron chi connectivity index (χ1n) is 6.66. The lowest BCUT2D eigenvalue weighted by molar-refractivity contribution is 0.0991. The molecule has 9 nitrogen and oxygen atoms in total. The second-order valence-electron chi connectivity index (χ2n) is 4.54. The van der Waals surface area contributed by atoms with Crippen molar-refractivity contribution < 1.29 is 23.6 Å². The van der Waals surface area contributed by atoms with E-state index in [1.165, 1.54) is 32.4 Å². The van der Waals surface area contributed by atoms with Gasteiger partial charge in [-0.15, -0.1) is 0 Å². The Bertz CT molecular complexity index is 762. The van der Waals surface area contributed by atoms with Crippen LogP contribution in [-0.2, 0) is 6.54 Å². The molecule has 0 radical (unpaired) electrons. The van der Waals surface area contributed by atoms with Crippen molar-refractivity contribution in [3.05, 3.63) is 34.7 Å². The number of ether oxygens (including phenoxy) is 2. The van der Waals surface area contributed by atoms with E-state index >= 15 is 0 Å². The average molecular weight is 355 g/mol. The molecule has 1 aromatic carbocycles. The van der Waals surface area contributed by atoms with Crippen LogP contribution in [0, 0.1) is 0 Å². The zero-order valence-corrected chi connectivity index (χ0v) is 13.6. The van der Waals surface area contributed by atoms with E-state index in [1.54, 1.807) is 0 Å². The van der Waals surface area contributed by atoms with Crippen LogP contribution in [0.15, 0.2) is 22.7 Å². The van der Waals surface area contributed by atoms with Gasteiger partial charge in [0.15, 0.2) is 11.5 Å². The number of primary amides is 1. The van der Waals surface area contributed by atoms with Crippen molar-refractivity contribution in [2.45, 2.75) is 6.54 Å². The summed E-state index contributed by atoms with van der Waals surface area (Å²) in [6.07, 6.45) is 0. The first-order chi connectivity index (χ1) is 11.4. The summed E-state index contributed by atoms with van der Waals surface area (Å²) < 4.78 is 15.1. The molecule has 24 heavy (non-hydrogen) atoms. The van der Waals surface area contributed by atoms with Crippen molar-refractivity contribution in [2.24, 2.45) is 5.73 Å². The number of carbonyl (C=O) groups excluding carboxylic acids is 2. The van der Waals surface area contributed by atoms with Crippen LogP contribution in [0.4, 0.5) is 10.5 Å². The summed E-state index contributed by atoms with van der Waals surface area (Å²) in [7, 11) is 2.90. The Labute approximate surface area is 142 Å². The van der Waals surface area contributed by atoms with Gasteiger partial charge in [0.05, 0.1) is 31.5 Å². The third-order valence-corrected chi connectivity index (χ3v) is 3.25. The number of carbonyl (C=O) groups is 2. The Hall–Kier alpha value is -2.94. The molecule has 0 unspecified atom stereocenters. The molecule has 1 aromatic heterocycles. The number of nitrogens with zero attached hydrogens (tertiary/aromatic N) is 1. The second-order valence-corrected chi connectivity index (χ2v) is 4.94. The fraction of sp³-hybridized carbons (Fsp3) is 0.214. The molecule has 4 N–H and O–H groups in total. The van der Waals surface area contributed by atoms with E-state index in [2.05, 4.69) is 15.8 Å². The fourth-order valence-electron chi connectivity index (χ4n) is 1.80. The Kier molecular flexibility index (Phi) is 5.48. The summed E-state index contributed by atoms with van der Waals surface area (Å²) in [4.78, 5) is 22.9. The maximum atomic E-state index is 12.0. The SMILES string of the molecule is COc1cc(NC(=O)NCc2cc(C(N)=O)no2)c(OC)cc1Cl. The highest BCUT2D eigenvalue weighted by Gasteiger charge is 2.14. The van der Waals surface area contributed by atoms with Gasteiger partial charge in [-0.25, -0.2) is 4.79 Å². The van der Waals surface area contributed by atoms with E-state index < -0.39 is 11.9 Å². The van der Waals surface area contributed by atoms with Gasteiger partial charge in [-0.1, -0.05) is 16.8 Å². The van der Waals surface area contributed by atoms with Crippen LogP contribution in [0.1, 0.15) is 16.2 Å². The normalized spacial score (nSPS) is 10.1. The summed E-state index contributed by atoms with van der Waals surface area (Å²) in [5.74, 6) is 0.313. The monoisotopic (exact) mass is 354 g/mol. The highest BCUT2D eigenvalue weighted by molar-refractivity contribution is 6.32. The lowest BCUT2D eigenvalue weighted by Gasteiger charge is -2.13. The molecular formula is C14H15ClN4O5. The van der Waals surface area contributed by atoms with E-state index in [-0.39, 0.29) is 18.0 Å². The fourth-order valence-corrected chi connectivity index (χ4v) is 2.04. The molecule has 0 aliphatic carbocycles. The average Bonchev–Trinajstić information content (AvgIpc) is 3.03. The molecule has 0 bridgehead atoms. The number of nitrogens with one attached hydrogen (secondary N) is 2. The van der Waals surface area contributed by atoms with Crippen molar-refractivity contribution in [2.75, 3.05) is 19.5 Å². The quantitative estimate of drug-likeness (QED) is 0.725. The predicted octanol–water partition coefficient (Wildman–Crippen LogP) is 1.77. The minimum atomic E-state index is -0.715. The van der Waals surface area contributed by atoms with Gasteiger partial charge in [0.2, 0.25) is 0 Å². The first kappa shape index (κ1) is 17.4.